The summed E-state index contributed by atoms with van der Waals surface area (Å²) in [5.41, 5.74) is 0.825. The third kappa shape index (κ3) is 4.39. The van der Waals surface area contributed by atoms with E-state index in [0.29, 0.717) is 11.6 Å². The van der Waals surface area contributed by atoms with Crippen molar-refractivity contribution in [2.45, 2.75) is 19.3 Å². The van der Waals surface area contributed by atoms with E-state index in [-0.39, 0.29) is 18.7 Å². The van der Waals surface area contributed by atoms with Gasteiger partial charge < -0.3 is 10.4 Å². The number of nitrogens with one attached hydrogen (secondary N) is 1. The molecule has 0 fully saturated rings. The summed E-state index contributed by atoms with van der Waals surface area (Å²) in [6.45, 7) is 0. The van der Waals surface area contributed by atoms with E-state index in [9.17, 15) is 9.59 Å². The monoisotopic (exact) mass is 374 g/mol. The molecule has 0 bridgehead atoms. The summed E-state index contributed by atoms with van der Waals surface area (Å²) in [6.07, 6.45) is 0.517. The van der Waals surface area contributed by atoms with Gasteiger partial charge in [0.2, 0.25) is 5.91 Å². The van der Waals surface area contributed by atoms with Crippen molar-refractivity contribution >= 4 is 55.6 Å². The SMILES string of the molecule is O=C(O)CCCC(=O)Nc1nc(-c2ccc(Br)s2)cs1. The number of hydrogen-bond donors (Lipinski definition) is 2. The zero-order chi connectivity index (χ0) is 14.5. The van der Waals surface area contributed by atoms with E-state index in [0.717, 1.165) is 14.4 Å². The van der Waals surface area contributed by atoms with E-state index in [1.54, 1.807) is 11.3 Å². The third-order valence-electron chi connectivity index (χ3n) is 2.37. The average Bonchev–Trinajstić information content (AvgIpc) is 2.97. The fourth-order valence-corrected chi connectivity index (χ4v) is 3.63. The van der Waals surface area contributed by atoms with Gasteiger partial charge in [-0.1, -0.05) is 0 Å². The molecule has 2 N–H and O–H groups in total. The maximum atomic E-state index is 11.6. The lowest BCUT2D eigenvalue weighted by molar-refractivity contribution is -0.137. The fraction of sp³-hybridized carbons (Fsp3) is 0.250. The van der Waals surface area contributed by atoms with Crippen LogP contribution >= 0.6 is 38.6 Å². The zero-order valence-corrected chi connectivity index (χ0v) is 13.5. The van der Waals surface area contributed by atoms with Crippen molar-refractivity contribution in [2.24, 2.45) is 0 Å². The highest BCUT2D eigenvalue weighted by atomic mass is 79.9. The first-order chi connectivity index (χ1) is 9.54. The van der Waals surface area contributed by atoms with Crippen LogP contribution in [0.4, 0.5) is 5.13 Å². The molecule has 0 spiro atoms. The number of halogens is 1. The van der Waals surface area contributed by atoms with Gasteiger partial charge in [-0.3, -0.25) is 9.59 Å². The fourth-order valence-electron chi connectivity index (χ4n) is 1.48. The Morgan fingerprint density at radius 3 is 2.80 bits per heavy atom. The number of carbonyl (C=O) groups excluding carboxylic acids is 1. The summed E-state index contributed by atoms with van der Waals surface area (Å²) >= 11 is 6.32. The molecule has 0 saturated carbocycles. The van der Waals surface area contributed by atoms with Crippen LogP contribution in [-0.2, 0) is 9.59 Å². The predicted molar refractivity (Wildman–Crippen MR) is 83.2 cm³/mol. The Kier molecular flexibility index (Phi) is 5.27. The van der Waals surface area contributed by atoms with E-state index in [2.05, 4.69) is 26.2 Å². The molecule has 2 aromatic heterocycles. The van der Waals surface area contributed by atoms with Crippen molar-refractivity contribution in [3.8, 4) is 10.6 Å². The summed E-state index contributed by atoms with van der Waals surface area (Å²) in [4.78, 5) is 27.3. The van der Waals surface area contributed by atoms with Gasteiger partial charge in [-0.15, -0.1) is 22.7 Å². The molecule has 5 nitrogen and oxygen atoms in total. The molecule has 0 aliphatic heterocycles. The van der Waals surface area contributed by atoms with Crippen LogP contribution in [0.3, 0.4) is 0 Å². The zero-order valence-electron chi connectivity index (χ0n) is 10.3. The number of amides is 1. The number of thiophene rings is 1. The van der Waals surface area contributed by atoms with Crippen LogP contribution in [0.25, 0.3) is 10.6 Å². The van der Waals surface area contributed by atoms with Crippen LogP contribution in [0.5, 0.6) is 0 Å². The van der Waals surface area contributed by atoms with E-state index in [4.69, 9.17) is 5.11 Å². The molecular weight excluding hydrogens is 364 g/mol. The molecule has 0 aliphatic carbocycles. The van der Waals surface area contributed by atoms with Gasteiger partial charge in [-0.2, -0.15) is 0 Å². The van der Waals surface area contributed by atoms with E-state index >= 15 is 0 Å². The van der Waals surface area contributed by atoms with Crippen molar-refractivity contribution in [1.29, 1.82) is 0 Å². The largest absolute Gasteiger partial charge is 0.481 e. The molecule has 0 atom stereocenters. The topological polar surface area (TPSA) is 79.3 Å². The highest BCUT2D eigenvalue weighted by molar-refractivity contribution is 9.11. The molecule has 20 heavy (non-hydrogen) atoms. The Morgan fingerprint density at radius 1 is 1.35 bits per heavy atom. The predicted octanol–water partition coefficient (Wildman–Crippen LogP) is 3.83. The number of rotatable bonds is 6. The van der Waals surface area contributed by atoms with Crippen molar-refractivity contribution in [3.63, 3.8) is 0 Å². The Balaban J connectivity index is 1.89. The molecule has 0 unspecified atom stereocenters. The second kappa shape index (κ2) is 6.96. The number of aliphatic carboxylic acids is 1. The number of nitrogens with zero attached hydrogens (tertiary/aromatic N) is 1. The molecular formula is C12H11BrN2O3S2. The van der Waals surface area contributed by atoms with Crippen molar-refractivity contribution in [2.75, 3.05) is 5.32 Å². The molecule has 0 saturated heterocycles. The number of aromatic nitrogens is 1. The number of carboxylic acid groups (broad SMARTS) is 1. The van der Waals surface area contributed by atoms with Crippen LogP contribution in [0, 0.1) is 0 Å². The summed E-state index contributed by atoms with van der Waals surface area (Å²) in [6, 6.07) is 3.91. The first kappa shape index (κ1) is 15.1. The van der Waals surface area contributed by atoms with E-state index in [1.165, 1.54) is 11.3 Å². The second-order valence-electron chi connectivity index (χ2n) is 3.94. The lowest BCUT2D eigenvalue weighted by atomic mass is 10.2. The maximum Gasteiger partial charge on any atom is 0.303 e. The average molecular weight is 375 g/mol. The van der Waals surface area contributed by atoms with Gasteiger partial charge >= 0.3 is 5.97 Å². The summed E-state index contributed by atoms with van der Waals surface area (Å²) in [5, 5.41) is 13.6. The molecule has 1 amide bonds. The second-order valence-corrected chi connectivity index (χ2v) is 7.26. The number of carbonyl (C=O) groups is 2. The van der Waals surface area contributed by atoms with Crippen LogP contribution in [0.2, 0.25) is 0 Å². The third-order valence-corrected chi connectivity index (χ3v) is 4.77. The normalized spacial score (nSPS) is 10.4. The number of hydrogen-bond acceptors (Lipinski definition) is 5. The van der Waals surface area contributed by atoms with Gasteiger partial charge in [0.15, 0.2) is 5.13 Å². The molecule has 0 aromatic carbocycles. The summed E-state index contributed by atoms with van der Waals surface area (Å²) in [7, 11) is 0. The molecule has 8 heteroatoms. The van der Waals surface area contributed by atoms with Crippen LogP contribution in [0.15, 0.2) is 21.3 Å². The first-order valence-electron chi connectivity index (χ1n) is 5.77. The lowest BCUT2D eigenvalue weighted by Crippen LogP contribution is -2.11. The lowest BCUT2D eigenvalue weighted by Gasteiger charge is -1.99. The summed E-state index contributed by atoms with van der Waals surface area (Å²) in [5.74, 6) is -1.10. The quantitative estimate of drug-likeness (QED) is 0.804. The van der Waals surface area contributed by atoms with Gasteiger partial charge in [0.1, 0.15) is 0 Å². The minimum absolute atomic E-state index is 0.000237. The molecule has 2 rings (SSSR count). The number of anilines is 1. The molecule has 2 aromatic rings. The Bertz CT molecular complexity index is 624. The minimum atomic E-state index is -0.891. The van der Waals surface area contributed by atoms with Crippen molar-refractivity contribution in [1.82, 2.24) is 4.98 Å². The van der Waals surface area contributed by atoms with Gasteiger partial charge in [-0.05, 0) is 34.5 Å². The maximum absolute atomic E-state index is 11.6. The minimum Gasteiger partial charge on any atom is -0.481 e. The molecule has 106 valence electrons. The van der Waals surface area contributed by atoms with Crippen LogP contribution in [0.1, 0.15) is 19.3 Å². The van der Waals surface area contributed by atoms with Gasteiger partial charge in [0.25, 0.3) is 0 Å². The highest BCUT2D eigenvalue weighted by Crippen LogP contribution is 2.33. The van der Waals surface area contributed by atoms with E-state index in [1.807, 2.05) is 17.5 Å². The standard InChI is InChI=1S/C12H11BrN2O3S2/c13-9-5-4-8(20-9)7-6-19-12(14-7)15-10(16)2-1-3-11(17)18/h4-6H,1-3H2,(H,17,18)(H,14,15,16). The Labute approximate surface area is 131 Å². The van der Waals surface area contributed by atoms with Gasteiger partial charge in [-0.25, -0.2) is 4.98 Å². The highest BCUT2D eigenvalue weighted by Gasteiger charge is 2.10. The molecule has 2 heterocycles. The first-order valence-corrected chi connectivity index (χ1v) is 8.26. The summed E-state index contributed by atoms with van der Waals surface area (Å²) < 4.78 is 1.03. The van der Waals surface area contributed by atoms with Crippen LogP contribution < -0.4 is 5.32 Å². The van der Waals surface area contributed by atoms with Crippen molar-refractivity contribution in [3.05, 3.63) is 21.3 Å². The smallest absolute Gasteiger partial charge is 0.303 e. The molecule has 0 radical (unpaired) electrons. The number of thiazole rings is 1. The Morgan fingerprint density at radius 2 is 2.15 bits per heavy atom. The number of carboxylic acids is 1. The molecule has 0 aliphatic rings. The van der Waals surface area contributed by atoms with Gasteiger partial charge in [0.05, 0.1) is 14.4 Å². The Hall–Kier alpha value is -1.25. The van der Waals surface area contributed by atoms with Crippen molar-refractivity contribution < 1.29 is 14.7 Å². The van der Waals surface area contributed by atoms with Gasteiger partial charge in [0, 0.05) is 18.2 Å². The van der Waals surface area contributed by atoms with E-state index < -0.39 is 5.97 Å². The van der Waals surface area contributed by atoms with Crippen LogP contribution in [-0.4, -0.2) is 22.0 Å².